The minimum Gasteiger partial charge on any atom is -0.337 e. The lowest BCUT2D eigenvalue weighted by molar-refractivity contribution is 0.480. The molecule has 1 aliphatic heterocycles. The van der Waals surface area contributed by atoms with Gasteiger partial charge in [0.15, 0.2) is 5.82 Å². The molecule has 7 heteroatoms. The van der Waals surface area contributed by atoms with Crippen molar-refractivity contribution in [2.45, 2.75) is 13.0 Å². The van der Waals surface area contributed by atoms with Gasteiger partial charge in [-0.05, 0) is 19.1 Å². The van der Waals surface area contributed by atoms with Gasteiger partial charge in [-0.3, -0.25) is 5.10 Å². The van der Waals surface area contributed by atoms with Crippen molar-refractivity contribution in [2.24, 2.45) is 0 Å². The van der Waals surface area contributed by atoms with E-state index in [1.807, 2.05) is 4.90 Å². The minimum absolute atomic E-state index is 0.216. The molecule has 2 heterocycles. The molecule has 1 atom stereocenters. The number of aromatic amines is 1. The first-order chi connectivity index (χ1) is 9.63. The molecule has 106 valence electrons. The van der Waals surface area contributed by atoms with Crippen LogP contribution < -0.4 is 10.2 Å². The van der Waals surface area contributed by atoms with Crippen LogP contribution in [0.25, 0.3) is 11.4 Å². The highest BCUT2D eigenvalue weighted by molar-refractivity contribution is 5.57. The SMILES string of the molecule is C[C@H]1CN(c2n[nH]c(-c3ccc(F)cc3F)n2)CCN1. The average molecular weight is 279 g/mol. The first kappa shape index (κ1) is 13.0. The zero-order valence-corrected chi connectivity index (χ0v) is 11.0. The van der Waals surface area contributed by atoms with E-state index in [1.165, 1.54) is 12.1 Å². The van der Waals surface area contributed by atoms with Gasteiger partial charge in [0.25, 0.3) is 0 Å². The summed E-state index contributed by atoms with van der Waals surface area (Å²) in [5.41, 5.74) is 0.216. The lowest BCUT2D eigenvalue weighted by atomic mass is 10.2. The third-order valence-electron chi connectivity index (χ3n) is 3.31. The number of anilines is 1. The number of nitrogens with one attached hydrogen (secondary N) is 2. The van der Waals surface area contributed by atoms with Gasteiger partial charge in [-0.15, -0.1) is 5.10 Å². The van der Waals surface area contributed by atoms with E-state index in [0.29, 0.717) is 17.8 Å². The number of piperazine rings is 1. The van der Waals surface area contributed by atoms with Crippen LogP contribution >= 0.6 is 0 Å². The first-order valence-corrected chi connectivity index (χ1v) is 6.49. The summed E-state index contributed by atoms with van der Waals surface area (Å²) in [4.78, 5) is 6.33. The number of nitrogens with zero attached hydrogens (tertiary/aromatic N) is 3. The van der Waals surface area contributed by atoms with Crippen molar-refractivity contribution < 1.29 is 8.78 Å². The molecule has 1 aromatic heterocycles. The molecule has 20 heavy (non-hydrogen) atoms. The van der Waals surface area contributed by atoms with Gasteiger partial charge >= 0.3 is 0 Å². The Kier molecular flexibility index (Phi) is 3.35. The third-order valence-corrected chi connectivity index (χ3v) is 3.31. The zero-order chi connectivity index (χ0) is 14.1. The topological polar surface area (TPSA) is 56.8 Å². The van der Waals surface area contributed by atoms with E-state index in [9.17, 15) is 8.78 Å². The van der Waals surface area contributed by atoms with Gasteiger partial charge in [0.05, 0.1) is 5.56 Å². The van der Waals surface area contributed by atoms with E-state index >= 15 is 0 Å². The maximum Gasteiger partial charge on any atom is 0.245 e. The Bertz CT molecular complexity index is 613. The molecule has 0 unspecified atom stereocenters. The van der Waals surface area contributed by atoms with Crippen molar-refractivity contribution in [3.8, 4) is 11.4 Å². The van der Waals surface area contributed by atoms with E-state index in [-0.39, 0.29) is 5.56 Å². The number of H-pyrrole nitrogens is 1. The van der Waals surface area contributed by atoms with Gasteiger partial charge < -0.3 is 10.2 Å². The molecule has 1 aromatic carbocycles. The molecule has 1 saturated heterocycles. The molecule has 3 rings (SSSR count). The van der Waals surface area contributed by atoms with Crippen LogP contribution in [-0.2, 0) is 0 Å². The third kappa shape index (κ3) is 2.49. The van der Waals surface area contributed by atoms with Crippen LogP contribution in [0.3, 0.4) is 0 Å². The number of aromatic nitrogens is 3. The fourth-order valence-corrected chi connectivity index (χ4v) is 2.31. The second-order valence-electron chi connectivity index (χ2n) is 4.91. The van der Waals surface area contributed by atoms with Crippen LogP contribution in [0.1, 0.15) is 6.92 Å². The molecule has 2 aromatic rings. The van der Waals surface area contributed by atoms with Crippen LogP contribution in [0, 0.1) is 11.6 Å². The molecule has 0 amide bonds. The summed E-state index contributed by atoms with van der Waals surface area (Å²) in [6.45, 7) is 4.53. The summed E-state index contributed by atoms with van der Waals surface area (Å²) in [6, 6.07) is 3.75. The lowest BCUT2D eigenvalue weighted by Gasteiger charge is -2.30. The molecule has 1 aliphatic rings. The molecule has 1 fully saturated rings. The largest absolute Gasteiger partial charge is 0.337 e. The molecule has 5 nitrogen and oxygen atoms in total. The highest BCUT2D eigenvalue weighted by Crippen LogP contribution is 2.22. The van der Waals surface area contributed by atoms with Crippen molar-refractivity contribution in [3.63, 3.8) is 0 Å². The normalized spacial score (nSPS) is 19.4. The molecule has 2 N–H and O–H groups in total. The second kappa shape index (κ2) is 5.16. The zero-order valence-electron chi connectivity index (χ0n) is 11.0. The van der Waals surface area contributed by atoms with E-state index in [0.717, 1.165) is 25.7 Å². The maximum absolute atomic E-state index is 13.7. The summed E-state index contributed by atoms with van der Waals surface area (Å²) < 4.78 is 26.6. The fourth-order valence-electron chi connectivity index (χ4n) is 2.31. The van der Waals surface area contributed by atoms with Crippen LogP contribution in [0.2, 0.25) is 0 Å². The number of hydrogen-bond acceptors (Lipinski definition) is 4. The summed E-state index contributed by atoms with van der Waals surface area (Å²) in [5.74, 6) is -0.413. The number of halogens is 2. The highest BCUT2D eigenvalue weighted by Gasteiger charge is 2.20. The predicted octanol–water partition coefficient (Wildman–Crippen LogP) is 1.55. The van der Waals surface area contributed by atoms with Gasteiger partial charge in [0, 0.05) is 31.7 Å². The van der Waals surface area contributed by atoms with Gasteiger partial charge in [-0.25, -0.2) is 8.78 Å². The summed E-state index contributed by atoms with van der Waals surface area (Å²) in [7, 11) is 0. The van der Waals surface area contributed by atoms with E-state index < -0.39 is 11.6 Å². The first-order valence-electron chi connectivity index (χ1n) is 6.49. The number of hydrogen-bond donors (Lipinski definition) is 2. The van der Waals surface area contributed by atoms with Crippen molar-refractivity contribution in [2.75, 3.05) is 24.5 Å². The highest BCUT2D eigenvalue weighted by atomic mass is 19.1. The van der Waals surface area contributed by atoms with Crippen molar-refractivity contribution in [1.29, 1.82) is 0 Å². The van der Waals surface area contributed by atoms with Crippen molar-refractivity contribution in [1.82, 2.24) is 20.5 Å². The monoisotopic (exact) mass is 279 g/mol. The Balaban J connectivity index is 1.86. The van der Waals surface area contributed by atoms with E-state index in [1.54, 1.807) is 0 Å². The standard InChI is InChI=1S/C13H15F2N5/c1-8-7-20(5-4-16-8)13-17-12(18-19-13)10-3-2-9(14)6-11(10)15/h2-3,6,8,16H,4-5,7H2,1H3,(H,17,18,19)/t8-/m0/s1. The van der Waals surface area contributed by atoms with Crippen LogP contribution in [-0.4, -0.2) is 40.9 Å². The van der Waals surface area contributed by atoms with Gasteiger partial charge in [-0.1, -0.05) is 0 Å². The molecule has 0 bridgehead atoms. The Morgan fingerprint density at radius 2 is 2.20 bits per heavy atom. The summed E-state index contributed by atoms with van der Waals surface area (Å²) in [5, 5.41) is 10.2. The van der Waals surface area contributed by atoms with E-state index in [2.05, 4.69) is 27.4 Å². The average Bonchev–Trinajstić information content (AvgIpc) is 2.88. The molecular weight excluding hydrogens is 264 g/mol. The maximum atomic E-state index is 13.7. The second-order valence-corrected chi connectivity index (χ2v) is 4.91. The molecule has 0 radical (unpaired) electrons. The fraction of sp³-hybridized carbons (Fsp3) is 0.385. The number of benzene rings is 1. The Hall–Kier alpha value is -2.02. The molecule has 0 spiro atoms. The summed E-state index contributed by atoms with van der Waals surface area (Å²) in [6.07, 6.45) is 0. The summed E-state index contributed by atoms with van der Waals surface area (Å²) >= 11 is 0. The minimum atomic E-state index is -0.652. The smallest absolute Gasteiger partial charge is 0.245 e. The number of rotatable bonds is 2. The predicted molar refractivity (Wildman–Crippen MR) is 71.4 cm³/mol. The molecule has 0 aliphatic carbocycles. The Morgan fingerprint density at radius 1 is 1.35 bits per heavy atom. The van der Waals surface area contributed by atoms with Crippen LogP contribution in [0.4, 0.5) is 14.7 Å². The van der Waals surface area contributed by atoms with Gasteiger partial charge in [-0.2, -0.15) is 4.98 Å². The molecular formula is C13H15F2N5. The Labute approximate surface area is 115 Å². The lowest BCUT2D eigenvalue weighted by Crippen LogP contribution is -2.49. The Morgan fingerprint density at radius 3 is 2.95 bits per heavy atom. The molecule has 0 saturated carbocycles. The van der Waals surface area contributed by atoms with E-state index in [4.69, 9.17) is 0 Å². The van der Waals surface area contributed by atoms with Crippen molar-refractivity contribution in [3.05, 3.63) is 29.8 Å². The quantitative estimate of drug-likeness (QED) is 0.875. The van der Waals surface area contributed by atoms with Crippen molar-refractivity contribution >= 4 is 5.95 Å². The van der Waals surface area contributed by atoms with Crippen LogP contribution in [0.15, 0.2) is 18.2 Å². The van der Waals surface area contributed by atoms with Gasteiger partial charge in [0.1, 0.15) is 11.6 Å². The van der Waals surface area contributed by atoms with Gasteiger partial charge in [0.2, 0.25) is 5.95 Å². The van der Waals surface area contributed by atoms with Crippen LogP contribution in [0.5, 0.6) is 0 Å².